The third kappa shape index (κ3) is 5.77. The van der Waals surface area contributed by atoms with Crippen LogP contribution in [0.2, 0.25) is 10.0 Å². The quantitative estimate of drug-likeness (QED) is 0.489. The highest BCUT2D eigenvalue weighted by molar-refractivity contribution is 7.98. The van der Waals surface area contributed by atoms with Crippen LogP contribution in [0, 0.1) is 11.6 Å². The Hall–Kier alpha value is -1.08. The van der Waals surface area contributed by atoms with Crippen molar-refractivity contribution in [2.24, 2.45) is 0 Å². The van der Waals surface area contributed by atoms with Crippen molar-refractivity contribution >= 4 is 58.0 Å². The van der Waals surface area contributed by atoms with E-state index >= 15 is 0 Å². The zero-order chi connectivity index (χ0) is 17.5. The number of rotatable bonds is 6. The van der Waals surface area contributed by atoms with Crippen molar-refractivity contribution < 1.29 is 8.78 Å². The van der Waals surface area contributed by atoms with Crippen LogP contribution in [0.15, 0.2) is 36.4 Å². The van der Waals surface area contributed by atoms with Crippen LogP contribution in [-0.2, 0) is 5.75 Å². The molecule has 2 nitrogen and oxygen atoms in total. The molecule has 24 heavy (non-hydrogen) atoms. The third-order valence-electron chi connectivity index (χ3n) is 3.02. The molecule has 2 rings (SSSR count). The Bertz CT molecular complexity index is 709. The highest BCUT2D eigenvalue weighted by Crippen LogP contribution is 2.23. The average Bonchev–Trinajstić information content (AvgIpc) is 2.53. The molecular weight excluding hydrogens is 393 g/mol. The highest BCUT2D eigenvalue weighted by atomic mass is 35.5. The fraction of sp³-hybridized carbons (Fsp3) is 0.188. The lowest BCUT2D eigenvalue weighted by atomic mass is 10.2. The molecule has 0 aromatic heterocycles. The molecule has 0 saturated carbocycles. The maximum atomic E-state index is 13.6. The first-order chi connectivity index (χ1) is 11.5. The average molecular weight is 407 g/mol. The standard InChI is InChI=1S/C16H14Cl2F2N2S2/c17-12-2-1-3-14(19)11(12)9-24-7-6-21-16(23)22-10-4-5-15(20)13(18)8-10/h1-5,8H,6-7,9H2,(H2,21,22,23). The molecule has 128 valence electrons. The zero-order valence-corrected chi connectivity index (χ0v) is 15.6. The zero-order valence-electron chi connectivity index (χ0n) is 12.4. The highest BCUT2D eigenvalue weighted by Gasteiger charge is 2.07. The molecular formula is C16H14Cl2F2N2S2. The van der Waals surface area contributed by atoms with Gasteiger partial charge in [0.25, 0.3) is 0 Å². The molecule has 0 radical (unpaired) electrons. The predicted octanol–water partition coefficient (Wildman–Crippen LogP) is 5.49. The van der Waals surface area contributed by atoms with Crippen LogP contribution >= 0.6 is 47.2 Å². The number of hydrogen-bond donors (Lipinski definition) is 2. The molecule has 0 unspecified atom stereocenters. The molecule has 0 amide bonds. The van der Waals surface area contributed by atoms with Crippen molar-refractivity contribution in [3.63, 3.8) is 0 Å². The lowest BCUT2D eigenvalue weighted by molar-refractivity contribution is 0.617. The van der Waals surface area contributed by atoms with Gasteiger partial charge >= 0.3 is 0 Å². The molecule has 8 heteroatoms. The predicted molar refractivity (Wildman–Crippen MR) is 103 cm³/mol. The minimum Gasteiger partial charge on any atom is -0.362 e. The summed E-state index contributed by atoms with van der Waals surface area (Å²) in [5, 5.41) is 6.80. The normalized spacial score (nSPS) is 10.5. The van der Waals surface area contributed by atoms with E-state index in [-0.39, 0.29) is 10.8 Å². The Kier molecular flexibility index (Phi) is 7.55. The lowest BCUT2D eigenvalue weighted by Gasteiger charge is -2.11. The largest absolute Gasteiger partial charge is 0.362 e. The molecule has 2 aromatic rings. The third-order valence-corrected chi connectivity index (χ3v) is 4.89. The number of benzene rings is 2. The number of anilines is 1. The molecule has 0 fully saturated rings. The van der Waals surface area contributed by atoms with Gasteiger partial charge in [-0.15, -0.1) is 0 Å². The molecule has 0 aliphatic rings. The minimum atomic E-state index is -0.482. The first-order valence-corrected chi connectivity index (χ1v) is 9.30. The summed E-state index contributed by atoms with van der Waals surface area (Å²) in [7, 11) is 0. The van der Waals surface area contributed by atoms with E-state index in [1.165, 1.54) is 18.2 Å². The van der Waals surface area contributed by atoms with Crippen LogP contribution in [0.4, 0.5) is 14.5 Å². The van der Waals surface area contributed by atoms with Gasteiger partial charge in [-0.25, -0.2) is 8.78 Å². The first kappa shape index (κ1) is 19.2. The summed E-state index contributed by atoms with van der Waals surface area (Å²) < 4.78 is 26.7. The van der Waals surface area contributed by atoms with Gasteiger partial charge in [0.1, 0.15) is 11.6 Å². The minimum absolute atomic E-state index is 0.0279. The van der Waals surface area contributed by atoms with Gasteiger partial charge in [0.2, 0.25) is 0 Å². The number of thiocarbonyl (C=S) groups is 1. The van der Waals surface area contributed by atoms with Crippen LogP contribution in [-0.4, -0.2) is 17.4 Å². The van der Waals surface area contributed by atoms with E-state index in [0.29, 0.717) is 33.7 Å². The second-order valence-corrected chi connectivity index (χ2v) is 7.09. The molecule has 0 aliphatic heterocycles. The maximum Gasteiger partial charge on any atom is 0.170 e. The van der Waals surface area contributed by atoms with Gasteiger partial charge in [-0.05, 0) is 42.5 Å². The van der Waals surface area contributed by atoms with E-state index in [9.17, 15) is 8.78 Å². The van der Waals surface area contributed by atoms with Gasteiger partial charge in [-0.1, -0.05) is 29.3 Å². The van der Waals surface area contributed by atoms with Crippen molar-refractivity contribution in [2.75, 3.05) is 17.6 Å². The van der Waals surface area contributed by atoms with Crippen LogP contribution in [0.25, 0.3) is 0 Å². The number of thioether (sulfide) groups is 1. The Morgan fingerprint density at radius 1 is 1.08 bits per heavy atom. The van der Waals surface area contributed by atoms with Crippen LogP contribution in [0.3, 0.4) is 0 Å². The van der Waals surface area contributed by atoms with E-state index in [4.69, 9.17) is 35.4 Å². The van der Waals surface area contributed by atoms with Crippen molar-refractivity contribution in [1.82, 2.24) is 5.32 Å². The summed E-state index contributed by atoms with van der Waals surface area (Å²) >= 11 is 18.4. The lowest BCUT2D eigenvalue weighted by Crippen LogP contribution is -2.30. The summed E-state index contributed by atoms with van der Waals surface area (Å²) in [6.07, 6.45) is 0. The van der Waals surface area contributed by atoms with Crippen molar-refractivity contribution in [2.45, 2.75) is 5.75 Å². The van der Waals surface area contributed by atoms with Crippen molar-refractivity contribution in [3.8, 4) is 0 Å². The number of nitrogens with one attached hydrogen (secondary N) is 2. The van der Waals surface area contributed by atoms with E-state index in [1.807, 2.05) is 0 Å². The van der Waals surface area contributed by atoms with E-state index in [0.717, 1.165) is 5.75 Å². The van der Waals surface area contributed by atoms with Gasteiger partial charge in [-0.3, -0.25) is 0 Å². The van der Waals surface area contributed by atoms with Gasteiger partial charge in [-0.2, -0.15) is 11.8 Å². The van der Waals surface area contributed by atoms with Crippen LogP contribution in [0.1, 0.15) is 5.56 Å². The summed E-state index contributed by atoms with van der Waals surface area (Å²) in [5.41, 5.74) is 1.11. The molecule has 0 aliphatic carbocycles. The topological polar surface area (TPSA) is 24.1 Å². The first-order valence-electron chi connectivity index (χ1n) is 6.98. The van der Waals surface area contributed by atoms with Crippen molar-refractivity contribution in [1.29, 1.82) is 0 Å². The van der Waals surface area contributed by atoms with E-state index < -0.39 is 5.82 Å². The fourth-order valence-electron chi connectivity index (χ4n) is 1.83. The Morgan fingerprint density at radius 3 is 2.58 bits per heavy atom. The van der Waals surface area contributed by atoms with Crippen LogP contribution < -0.4 is 10.6 Å². The fourth-order valence-corrected chi connectivity index (χ4v) is 3.43. The van der Waals surface area contributed by atoms with Crippen LogP contribution in [0.5, 0.6) is 0 Å². The maximum absolute atomic E-state index is 13.6. The summed E-state index contributed by atoms with van der Waals surface area (Å²) in [4.78, 5) is 0. The van der Waals surface area contributed by atoms with E-state index in [1.54, 1.807) is 30.0 Å². The Balaban J connectivity index is 1.70. The monoisotopic (exact) mass is 406 g/mol. The molecule has 0 spiro atoms. The number of hydrogen-bond acceptors (Lipinski definition) is 2. The van der Waals surface area contributed by atoms with Gasteiger partial charge in [0.05, 0.1) is 5.02 Å². The van der Waals surface area contributed by atoms with Crippen molar-refractivity contribution in [3.05, 3.63) is 63.6 Å². The Labute approximate surface area is 158 Å². The Morgan fingerprint density at radius 2 is 1.88 bits per heavy atom. The molecule has 0 heterocycles. The smallest absolute Gasteiger partial charge is 0.170 e. The summed E-state index contributed by atoms with van der Waals surface area (Å²) in [5.74, 6) is 0.426. The van der Waals surface area contributed by atoms with Gasteiger partial charge in [0.15, 0.2) is 5.11 Å². The second-order valence-electron chi connectivity index (χ2n) is 4.76. The second kappa shape index (κ2) is 9.42. The molecule has 0 bridgehead atoms. The van der Waals surface area contributed by atoms with E-state index in [2.05, 4.69) is 10.6 Å². The summed E-state index contributed by atoms with van der Waals surface area (Å²) in [6.45, 7) is 0.595. The molecule has 0 saturated heterocycles. The summed E-state index contributed by atoms with van der Waals surface area (Å²) in [6, 6.07) is 8.92. The molecule has 2 N–H and O–H groups in total. The number of halogens is 4. The SMILES string of the molecule is Fc1ccc(NC(=S)NCCSCc2c(F)cccc2Cl)cc1Cl. The molecule has 2 aromatic carbocycles. The van der Waals surface area contributed by atoms with Gasteiger partial charge < -0.3 is 10.6 Å². The van der Waals surface area contributed by atoms with Gasteiger partial charge in [0, 0.05) is 34.3 Å². The molecule has 0 atom stereocenters.